The maximum absolute atomic E-state index is 12.4. The van der Waals surface area contributed by atoms with Crippen molar-refractivity contribution in [1.29, 1.82) is 0 Å². The van der Waals surface area contributed by atoms with Crippen molar-refractivity contribution in [1.82, 2.24) is 4.57 Å². The second-order valence-electron chi connectivity index (χ2n) is 5.43. The predicted molar refractivity (Wildman–Crippen MR) is 93.2 cm³/mol. The van der Waals surface area contributed by atoms with Crippen LogP contribution in [0.25, 0.3) is 16.0 Å². The normalized spacial score (nSPS) is 10.5. The van der Waals surface area contributed by atoms with Crippen molar-refractivity contribution in [2.45, 2.75) is 26.7 Å². The molecule has 0 fully saturated rings. The Morgan fingerprint density at radius 1 is 1.29 bits per heavy atom. The Hall–Kier alpha value is -2.58. The van der Waals surface area contributed by atoms with E-state index in [2.05, 4.69) is 4.85 Å². The van der Waals surface area contributed by atoms with Crippen LogP contribution in [0.1, 0.15) is 35.6 Å². The molecule has 24 heavy (non-hydrogen) atoms. The summed E-state index contributed by atoms with van der Waals surface area (Å²) in [6.07, 6.45) is 1.24. The molecule has 1 heterocycles. The third kappa shape index (κ3) is 3.19. The van der Waals surface area contributed by atoms with Crippen LogP contribution in [0.3, 0.4) is 0 Å². The van der Waals surface area contributed by atoms with Gasteiger partial charge in [-0.05, 0) is 30.9 Å². The first kappa shape index (κ1) is 17.8. The molecule has 0 amide bonds. The summed E-state index contributed by atoms with van der Waals surface area (Å²) in [5.41, 5.74) is 4.17. The lowest BCUT2D eigenvalue weighted by Gasteiger charge is -2.09. The highest BCUT2D eigenvalue weighted by Crippen LogP contribution is 2.39. The molecule has 1 N–H and O–H groups in total. The first-order chi connectivity index (χ1) is 11.6. The summed E-state index contributed by atoms with van der Waals surface area (Å²) in [5, 5.41) is 9.03. The van der Waals surface area contributed by atoms with Crippen LogP contribution < -0.4 is 0 Å². The zero-order valence-corrected chi connectivity index (χ0v) is 14.3. The number of carbonyl (C=O) groups is 1. The number of hydrogen-bond donors (Lipinski definition) is 1. The average molecular weight is 326 g/mol. The van der Waals surface area contributed by atoms with Gasteiger partial charge in [-0.15, -0.1) is 0 Å². The van der Waals surface area contributed by atoms with Gasteiger partial charge in [-0.2, -0.15) is 0 Å². The van der Waals surface area contributed by atoms with E-state index in [0.717, 1.165) is 16.8 Å². The molecule has 0 saturated carbocycles. The Labute approximate surface area is 142 Å². The van der Waals surface area contributed by atoms with E-state index >= 15 is 0 Å². The second kappa shape index (κ2) is 7.80. The number of nitrogens with zero attached hydrogens (tertiary/aromatic N) is 2. The van der Waals surface area contributed by atoms with Gasteiger partial charge in [-0.1, -0.05) is 31.2 Å². The van der Waals surface area contributed by atoms with Gasteiger partial charge in [0.2, 0.25) is 5.69 Å². The third-order valence-electron chi connectivity index (χ3n) is 4.05. The Kier molecular flexibility index (Phi) is 5.78. The maximum atomic E-state index is 12.4. The molecular formula is C19H22N2O3. The predicted octanol–water partition coefficient (Wildman–Crippen LogP) is 3.52. The van der Waals surface area contributed by atoms with Crippen LogP contribution in [0.2, 0.25) is 0 Å². The lowest BCUT2D eigenvalue weighted by atomic mass is 10.0. The van der Waals surface area contributed by atoms with Crippen molar-refractivity contribution < 1.29 is 14.6 Å². The highest BCUT2D eigenvalue weighted by Gasteiger charge is 2.26. The number of benzene rings is 1. The van der Waals surface area contributed by atoms with Gasteiger partial charge in [0.25, 0.3) is 0 Å². The number of esters is 1. The van der Waals surface area contributed by atoms with Gasteiger partial charge in [0, 0.05) is 24.9 Å². The number of aliphatic hydroxyl groups excluding tert-OH is 1. The second-order valence-corrected chi connectivity index (χ2v) is 5.43. The quantitative estimate of drug-likeness (QED) is 0.653. The van der Waals surface area contributed by atoms with Gasteiger partial charge in [0.05, 0.1) is 13.2 Å². The molecule has 0 aliphatic heterocycles. The minimum absolute atomic E-state index is 0.0893. The monoisotopic (exact) mass is 326 g/mol. The molecule has 0 saturated heterocycles. The Bertz CT molecular complexity index is 767. The molecule has 1 aromatic heterocycles. The molecule has 1 aromatic carbocycles. The van der Waals surface area contributed by atoms with Crippen LogP contribution >= 0.6 is 0 Å². The molecule has 126 valence electrons. The van der Waals surface area contributed by atoms with Crippen LogP contribution in [-0.4, -0.2) is 28.9 Å². The topological polar surface area (TPSA) is 55.8 Å². The number of ether oxygens (including phenoxy) is 1. The third-order valence-corrected chi connectivity index (χ3v) is 4.05. The van der Waals surface area contributed by atoms with E-state index in [0.29, 0.717) is 29.8 Å². The van der Waals surface area contributed by atoms with Crippen LogP contribution in [0.4, 0.5) is 5.69 Å². The summed E-state index contributed by atoms with van der Waals surface area (Å²) < 4.78 is 6.96. The number of hydrogen-bond acceptors (Lipinski definition) is 3. The van der Waals surface area contributed by atoms with Crippen LogP contribution in [-0.2, 0) is 24.6 Å². The number of rotatable bonds is 6. The number of aromatic nitrogens is 1. The standard InChI is InChI=1S/C19H22N2O3/c1-5-15-17(20-3)16(18(21(15)4)19(23)24-6-2)14-9-7-13(8-10-14)11-12-22/h7-10,22H,5-6,11-12H2,1-2,4H3. The number of carbonyl (C=O) groups excluding carboxylic acids is 1. The lowest BCUT2D eigenvalue weighted by Crippen LogP contribution is -2.12. The molecule has 0 aliphatic carbocycles. The molecule has 2 aromatic rings. The summed E-state index contributed by atoms with van der Waals surface area (Å²) in [4.78, 5) is 16.1. The summed E-state index contributed by atoms with van der Waals surface area (Å²) in [6, 6.07) is 7.59. The molecule has 2 rings (SSSR count). The van der Waals surface area contributed by atoms with Crippen LogP contribution in [0.15, 0.2) is 24.3 Å². The molecule has 0 spiro atoms. The van der Waals surface area contributed by atoms with E-state index in [1.807, 2.05) is 31.2 Å². The molecule has 0 atom stereocenters. The van der Waals surface area contributed by atoms with Gasteiger partial charge in [-0.25, -0.2) is 9.64 Å². The fourth-order valence-electron chi connectivity index (χ4n) is 2.92. The van der Waals surface area contributed by atoms with E-state index in [1.54, 1.807) is 18.5 Å². The van der Waals surface area contributed by atoms with Gasteiger partial charge in [-0.3, -0.25) is 0 Å². The van der Waals surface area contributed by atoms with Crippen molar-refractivity contribution in [3.8, 4) is 11.1 Å². The van der Waals surface area contributed by atoms with Crippen molar-refractivity contribution in [3.05, 3.63) is 52.6 Å². The van der Waals surface area contributed by atoms with E-state index < -0.39 is 5.97 Å². The smallest absolute Gasteiger partial charge is 0.354 e. The molecule has 0 aliphatic rings. The Morgan fingerprint density at radius 3 is 2.46 bits per heavy atom. The molecular weight excluding hydrogens is 304 g/mol. The number of aliphatic hydroxyl groups is 1. The van der Waals surface area contributed by atoms with Crippen molar-refractivity contribution in [2.75, 3.05) is 13.2 Å². The van der Waals surface area contributed by atoms with Gasteiger partial charge in [0.15, 0.2) is 0 Å². The minimum atomic E-state index is -0.418. The van der Waals surface area contributed by atoms with E-state index in [9.17, 15) is 4.79 Å². The average Bonchev–Trinajstić information content (AvgIpc) is 2.87. The molecule has 0 unspecified atom stereocenters. The van der Waals surface area contributed by atoms with Crippen LogP contribution in [0.5, 0.6) is 0 Å². The van der Waals surface area contributed by atoms with Gasteiger partial charge in [0.1, 0.15) is 5.69 Å². The van der Waals surface area contributed by atoms with Gasteiger partial charge < -0.3 is 14.4 Å². The Balaban J connectivity index is 2.66. The minimum Gasteiger partial charge on any atom is -0.461 e. The van der Waals surface area contributed by atoms with Crippen molar-refractivity contribution in [2.24, 2.45) is 7.05 Å². The fraction of sp³-hybridized carbons (Fsp3) is 0.368. The van der Waals surface area contributed by atoms with Crippen molar-refractivity contribution >= 4 is 11.7 Å². The zero-order valence-electron chi connectivity index (χ0n) is 14.3. The van der Waals surface area contributed by atoms with Gasteiger partial charge >= 0.3 is 5.97 Å². The maximum Gasteiger partial charge on any atom is 0.354 e. The molecule has 0 bridgehead atoms. The summed E-state index contributed by atoms with van der Waals surface area (Å²) in [5.74, 6) is -0.418. The largest absolute Gasteiger partial charge is 0.461 e. The first-order valence-corrected chi connectivity index (χ1v) is 8.05. The SMILES string of the molecule is [C-]#[N+]c1c(-c2ccc(CCO)cc2)c(C(=O)OCC)n(C)c1CC. The summed E-state index contributed by atoms with van der Waals surface area (Å²) >= 11 is 0. The van der Waals surface area contributed by atoms with E-state index in [-0.39, 0.29) is 13.2 Å². The molecule has 5 heteroatoms. The first-order valence-electron chi connectivity index (χ1n) is 8.05. The fourth-order valence-corrected chi connectivity index (χ4v) is 2.92. The summed E-state index contributed by atoms with van der Waals surface area (Å²) in [6.45, 7) is 11.7. The molecule has 5 nitrogen and oxygen atoms in total. The van der Waals surface area contributed by atoms with E-state index in [4.69, 9.17) is 16.4 Å². The highest BCUT2D eigenvalue weighted by molar-refractivity contribution is 6.01. The Morgan fingerprint density at radius 2 is 1.96 bits per heavy atom. The zero-order chi connectivity index (χ0) is 17.7. The summed E-state index contributed by atoms with van der Waals surface area (Å²) in [7, 11) is 1.80. The van der Waals surface area contributed by atoms with E-state index in [1.165, 1.54) is 0 Å². The molecule has 0 radical (unpaired) electrons. The highest BCUT2D eigenvalue weighted by atomic mass is 16.5. The lowest BCUT2D eigenvalue weighted by molar-refractivity contribution is 0.0516. The van der Waals surface area contributed by atoms with Crippen molar-refractivity contribution in [3.63, 3.8) is 0 Å². The van der Waals surface area contributed by atoms with Crippen LogP contribution in [0, 0.1) is 6.57 Å².